The van der Waals surface area contributed by atoms with Gasteiger partial charge in [0, 0.05) is 12.7 Å². The molecule has 0 bridgehead atoms. The molecule has 0 saturated carbocycles. The SMILES string of the molecule is Cc1ccnc(NCC(C)C)c1C#N. The van der Waals surface area contributed by atoms with Crippen molar-refractivity contribution in [3.63, 3.8) is 0 Å². The molecule has 0 radical (unpaired) electrons. The van der Waals surface area contributed by atoms with Crippen molar-refractivity contribution in [2.75, 3.05) is 11.9 Å². The Morgan fingerprint density at radius 3 is 2.86 bits per heavy atom. The minimum atomic E-state index is 0.545. The van der Waals surface area contributed by atoms with E-state index in [4.69, 9.17) is 5.26 Å². The first-order valence-electron chi connectivity index (χ1n) is 4.74. The number of pyridine rings is 1. The molecule has 1 heterocycles. The molecule has 3 nitrogen and oxygen atoms in total. The highest BCUT2D eigenvalue weighted by molar-refractivity contribution is 5.55. The van der Waals surface area contributed by atoms with Crippen LogP contribution in [0.2, 0.25) is 0 Å². The average Bonchev–Trinajstić information content (AvgIpc) is 2.14. The summed E-state index contributed by atoms with van der Waals surface area (Å²) < 4.78 is 0. The molecular weight excluding hydrogens is 174 g/mol. The van der Waals surface area contributed by atoms with E-state index >= 15 is 0 Å². The summed E-state index contributed by atoms with van der Waals surface area (Å²) in [5.41, 5.74) is 1.61. The van der Waals surface area contributed by atoms with Crippen molar-refractivity contribution >= 4 is 5.82 Å². The molecule has 0 aliphatic carbocycles. The van der Waals surface area contributed by atoms with Crippen LogP contribution in [0.4, 0.5) is 5.82 Å². The summed E-state index contributed by atoms with van der Waals surface area (Å²) in [6, 6.07) is 4.01. The predicted octanol–water partition coefficient (Wildman–Crippen LogP) is 2.33. The predicted molar refractivity (Wildman–Crippen MR) is 57.0 cm³/mol. The fraction of sp³-hybridized carbons (Fsp3) is 0.455. The highest BCUT2D eigenvalue weighted by Crippen LogP contribution is 2.15. The molecule has 0 atom stereocenters. The molecule has 0 aliphatic rings. The van der Waals surface area contributed by atoms with E-state index in [1.807, 2.05) is 13.0 Å². The number of nitriles is 1. The van der Waals surface area contributed by atoms with E-state index in [0.717, 1.165) is 12.1 Å². The lowest BCUT2D eigenvalue weighted by atomic mass is 10.1. The number of hydrogen-bond acceptors (Lipinski definition) is 3. The van der Waals surface area contributed by atoms with Gasteiger partial charge in [-0.15, -0.1) is 0 Å². The van der Waals surface area contributed by atoms with Gasteiger partial charge in [0.15, 0.2) is 0 Å². The van der Waals surface area contributed by atoms with Gasteiger partial charge in [0.05, 0.1) is 5.56 Å². The Labute approximate surface area is 84.8 Å². The van der Waals surface area contributed by atoms with Crippen molar-refractivity contribution in [2.24, 2.45) is 5.92 Å². The molecule has 3 heteroatoms. The first kappa shape index (κ1) is 10.5. The summed E-state index contributed by atoms with van der Waals surface area (Å²) in [6.07, 6.45) is 1.72. The van der Waals surface area contributed by atoms with Crippen LogP contribution in [0.1, 0.15) is 25.0 Å². The number of anilines is 1. The first-order valence-corrected chi connectivity index (χ1v) is 4.74. The molecule has 74 valence electrons. The van der Waals surface area contributed by atoms with E-state index < -0.39 is 0 Å². The zero-order valence-electron chi connectivity index (χ0n) is 8.83. The van der Waals surface area contributed by atoms with Gasteiger partial charge >= 0.3 is 0 Å². The lowest BCUT2D eigenvalue weighted by Gasteiger charge is -2.10. The van der Waals surface area contributed by atoms with Gasteiger partial charge in [-0.25, -0.2) is 4.98 Å². The van der Waals surface area contributed by atoms with Crippen LogP contribution in [-0.4, -0.2) is 11.5 Å². The number of hydrogen-bond donors (Lipinski definition) is 1. The van der Waals surface area contributed by atoms with E-state index in [2.05, 4.69) is 30.2 Å². The molecule has 1 aromatic heterocycles. The third-order valence-corrected chi connectivity index (χ3v) is 1.95. The largest absolute Gasteiger partial charge is 0.369 e. The van der Waals surface area contributed by atoms with Crippen molar-refractivity contribution < 1.29 is 0 Å². The number of nitrogens with zero attached hydrogens (tertiary/aromatic N) is 2. The number of rotatable bonds is 3. The molecule has 1 N–H and O–H groups in total. The van der Waals surface area contributed by atoms with Crippen LogP contribution in [0.15, 0.2) is 12.3 Å². The standard InChI is InChI=1S/C11H15N3/c1-8(2)7-14-11-10(6-12)9(3)4-5-13-11/h4-5,8H,7H2,1-3H3,(H,13,14). The Balaban J connectivity index is 2.87. The van der Waals surface area contributed by atoms with Gasteiger partial charge in [0.1, 0.15) is 11.9 Å². The van der Waals surface area contributed by atoms with Crippen LogP contribution in [-0.2, 0) is 0 Å². The van der Waals surface area contributed by atoms with Crippen molar-refractivity contribution in [1.82, 2.24) is 4.98 Å². The summed E-state index contributed by atoms with van der Waals surface area (Å²) in [7, 11) is 0. The molecule has 0 fully saturated rings. The molecule has 1 rings (SSSR count). The van der Waals surface area contributed by atoms with Crippen molar-refractivity contribution in [3.8, 4) is 6.07 Å². The van der Waals surface area contributed by atoms with Gasteiger partial charge in [0.25, 0.3) is 0 Å². The Morgan fingerprint density at radius 2 is 2.29 bits per heavy atom. The minimum Gasteiger partial charge on any atom is -0.369 e. The maximum absolute atomic E-state index is 8.93. The molecule has 0 aliphatic heterocycles. The topological polar surface area (TPSA) is 48.7 Å². The second-order valence-corrected chi connectivity index (χ2v) is 3.74. The molecule has 0 unspecified atom stereocenters. The van der Waals surface area contributed by atoms with Crippen LogP contribution >= 0.6 is 0 Å². The maximum Gasteiger partial charge on any atom is 0.144 e. The summed E-state index contributed by atoms with van der Waals surface area (Å²) in [6.45, 7) is 7.00. The molecule has 0 amide bonds. The van der Waals surface area contributed by atoms with Crippen LogP contribution < -0.4 is 5.32 Å². The maximum atomic E-state index is 8.93. The van der Waals surface area contributed by atoms with Gasteiger partial charge < -0.3 is 5.32 Å². The van der Waals surface area contributed by atoms with Gasteiger partial charge in [-0.3, -0.25) is 0 Å². The molecule has 0 spiro atoms. The Hall–Kier alpha value is -1.56. The highest BCUT2D eigenvalue weighted by Gasteiger charge is 2.05. The van der Waals surface area contributed by atoms with E-state index in [0.29, 0.717) is 17.3 Å². The molecule has 14 heavy (non-hydrogen) atoms. The number of aryl methyl sites for hydroxylation is 1. The van der Waals surface area contributed by atoms with Gasteiger partial charge in [0.2, 0.25) is 0 Å². The van der Waals surface area contributed by atoms with Gasteiger partial charge in [-0.1, -0.05) is 13.8 Å². The lowest BCUT2D eigenvalue weighted by molar-refractivity contribution is 0.687. The second-order valence-electron chi connectivity index (χ2n) is 3.74. The monoisotopic (exact) mass is 189 g/mol. The fourth-order valence-corrected chi connectivity index (χ4v) is 1.13. The molecule has 0 saturated heterocycles. The molecule has 1 aromatic rings. The van der Waals surface area contributed by atoms with Crippen LogP contribution in [0.3, 0.4) is 0 Å². The van der Waals surface area contributed by atoms with Crippen LogP contribution in [0.5, 0.6) is 0 Å². The molecule has 0 aromatic carbocycles. The quantitative estimate of drug-likeness (QED) is 0.793. The van der Waals surface area contributed by atoms with E-state index in [1.165, 1.54) is 0 Å². The highest BCUT2D eigenvalue weighted by atomic mass is 15.0. The summed E-state index contributed by atoms with van der Waals surface area (Å²) in [4.78, 5) is 4.15. The van der Waals surface area contributed by atoms with Crippen molar-refractivity contribution in [1.29, 1.82) is 5.26 Å². The Kier molecular flexibility index (Phi) is 3.47. The van der Waals surface area contributed by atoms with Gasteiger partial charge in [-0.05, 0) is 24.5 Å². The Morgan fingerprint density at radius 1 is 1.57 bits per heavy atom. The Bertz CT molecular complexity index is 350. The van der Waals surface area contributed by atoms with Gasteiger partial charge in [-0.2, -0.15) is 5.26 Å². The zero-order valence-corrected chi connectivity index (χ0v) is 8.83. The second kappa shape index (κ2) is 4.61. The van der Waals surface area contributed by atoms with Crippen molar-refractivity contribution in [3.05, 3.63) is 23.4 Å². The minimum absolute atomic E-state index is 0.545. The smallest absolute Gasteiger partial charge is 0.144 e. The molecular formula is C11H15N3. The summed E-state index contributed by atoms with van der Waals surface area (Å²) in [5.74, 6) is 1.24. The summed E-state index contributed by atoms with van der Waals surface area (Å²) >= 11 is 0. The van der Waals surface area contributed by atoms with E-state index in [1.54, 1.807) is 6.20 Å². The van der Waals surface area contributed by atoms with Crippen molar-refractivity contribution in [2.45, 2.75) is 20.8 Å². The lowest BCUT2D eigenvalue weighted by Crippen LogP contribution is -2.10. The van der Waals surface area contributed by atoms with E-state index in [-0.39, 0.29) is 0 Å². The first-order chi connectivity index (χ1) is 6.65. The van der Waals surface area contributed by atoms with Crippen LogP contribution in [0, 0.1) is 24.2 Å². The fourth-order valence-electron chi connectivity index (χ4n) is 1.13. The number of nitrogens with one attached hydrogen (secondary N) is 1. The normalized spacial score (nSPS) is 9.93. The van der Waals surface area contributed by atoms with E-state index in [9.17, 15) is 0 Å². The zero-order chi connectivity index (χ0) is 10.6. The third-order valence-electron chi connectivity index (χ3n) is 1.95. The van der Waals surface area contributed by atoms with Crippen LogP contribution in [0.25, 0.3) is 0 Å². The average molecular weight is 189 g/mol. The third kappa shape index (κ3) is 2.46. The number of aromatic nitrogens is 1. The summed E-state index contributed by atoms with van der Waals surface area (Å²) in [5, 5.41) is 12.1.